The molecule has 1 saturated heterocycles. The monoisotopic (exact) mass is 293 g/mol. The van der Waals surface area contributed by atoms with Gasteiger partial charge >= 0.3 is 0 Å². The fourth-order valence-corrected chi connectivity index (χ4v) is 2.40. The van der Waals surface area contributed by atoms with Gasteiger partial charge in [-0.2, -0.15) is 0 Å². The first-order chi connectivity index (χ1) is 9.90. The van der Waals surface area contributed by atoms with Crippen LogP contribution in [0.3, 0.4) is 0 Å². The van der Waals surface area contributed by atoms with E-state index in [-0.39, 0.29) is 23.7 Å². The highest BCUT2D eigenvalue weighted by Gasteiger charge is 2.33. The van der Waals surface area contributed by atoms with E-state index in [0.29, 0.717) is 25.2 Å². The molecule has 1 aromatic rings. The van der Waals surface area contributed by atoms with Crippen molar-refractivity contribution >= 4 is 11.8 Å². The second-order valence-electron chi connectivity index (χ2n) is 5.49. The van der Waals surface area contributed by atoms with Gasteiger partial charge < -0.3 is 9.80 Å². The van der Waals surface area contributed by atoms with Crippen LogP contribution in [0, 0.1) is 5.82 Å². The summed E-state index contributed by atoms with van der Waals surface area (Å²) in [5.74, 6) is -0.556. The van der Waals surface area contributed by atoms with E-state index in [2.05, 4.69) is 0 Å². The first-order valence-electron chi connectivity index (χ1n) is 6.86. The van der Waals surface area contributed by atoms with Gasteiger partial charge in [-0.1, -0.05) is 0 Å². The van der Waals surface area contributed by atoms with Crippen LogP contribution in [0.4, 0.5) is 4.39 Å². The van der Waals surface area contributed by atoms with Gasteiger partial charge in [-0.25, -0.2) is 4.39 Å². The Morgan fingerprint density at radius 3 is 2.38 bits per heavy atom. The third-order valence-corrected chi connectivity index (χ3v) is 3.75. The van der Waals surface area contributed by atoms with Crippen LogP contribution < -0.4 is 0 Å². The molecule has 5 nitrogen and oxygen atoms in total. The number of amides is 2. The lowest BCUT2D eigenvalue weighted by molar-refractivity contribution is -0.135. The lowest BCUT2D eigenvalue weighted by atomic mass is 10.1. The zero-order valence-electron chi connectivity index (χ0n) is 12.5. The number of halogens is 1. The molecule has 1 atom stereocenters. The first-order valence-corrected chi connectivity index (χ1v) is 6.86. The maximum absolute atomic E-state index is 12.9. The Bertz CT molecular complexity index is 530. The van der Waals surface area contributed by atoms with Gasteiger partial charge in [-0.15, -0.1) is 0 Å². The Balaban J connectivity index is 2.12. The molecule has 1 heterocycles. The van der Waals surface area contributed by atoms with Crippen LogP contribution in [0.2, 0.25) is 0 Å². The number of piperazine rings is 1. The summed E-state index contributed by atoms with van der Waals surface area (Å²) in [7, 11) is 5.29. The number of benzene rings is 1. The van der Waals surface area contributed by atoms with Crippen LogP contribution >= 0.6 is 0 Å². The Morgan fingerprint density at radius 1 is 1.19 bits per heavy atom. The van der Waals surface area contributed by atoms with Crippen molar-refractivity contribution < 1.29 is 14.0 Å². The van der Waals surface area contributed by atoms with Gasteiger partial charge in [0.05, 0.1) is 0 Å². The summed E-state index contributed by atoms with van der Waals surface area (Å²) in [6.07, 6.45) is 0. The molecule has 0 N–H and O–H groups in total. The van der Waals surface area contributed by atoms with Gasteiger partial charge in [-0.3, -0.25) is 14.5 Å². The average molecular weight is 293 g/mol. The van der Waals surface area contributed by atoms with E-state index in [1.54, 1.807) is 19.0 Å². The molecule has 2 amide bonds. The first kappa shape index (κ1) is 15.4. The van der Waals surface area contributed by atoms with Crippen LogP contribution in [-0.4, -0.2) is 73.3 Å². The standard InChI is InChI=1S/C15H20FN3O2/c1-17(2)15(21)13-10-19(9-8-18(13)3)14(20)11-4-6-12(16)7-5-11/h4-7,13H,8-10H2,1-3H3/t13-/m0/s1. The summed E-state index contributed by atoms with van der Waals surface area (Å²) in [6.45, 7) is 1.55. The number of rotatable bonds is 2. The van der Waals surface area contributed by atoms with E-state index in [0.717, 1.165) is 0 Å². The van der Waals surface area contributed by atoms with Crippen molar-refractivity contribution in [2.75, 3.05) is 40.8 Å². The zero-order valence-corrected chi connectivity index (χ0v) is 12.5. The van der Waals surface area contributed by atoms with Gasteiger partial charge in [0.25, 0.3) is 5.91 Å². The minimum atomic E-state index is -0.370. The van der Waals surface area contributed by atoms with Crippen molar-refractivity contribution in [2.24, 2.45) is 0 Å². The van der Waals surface area contributed by atoms with E-state index < -0.39 is 0 Å². The minimum absolute atomic E-state index is 0.0193. The van der Waals surface area contributed by atoms with Crippen LogP contribution in [0.1, 0.15) is 10.4 Å². The molecular weight excluding hydrogens is 273 g/mol. The zero-order chi connectivity index (χ0) is 15.6. The molecule has 0 radical (unpaired) electrons. The van der Waals surface area contributed by atoms with Crippen LogP contribution in [0.5, 0.6) is 0 Å². The Labute approximate surface area is 123 Å². The molecule has 1 aliphatic rings. The number of likely N-dealkylation sites (N-methyl/N-ethyl adjacent to an activating group) is 2. The molecule has 2 rings (SSSR count). The lowest BCUT2D eigenvalue weighted by Crippen LogP contribution is -2.58. The summed E-state index contributed by atoms with van der Waals surface area (Å²) < 4.78 is 12.9. The molecule has 0 unspecified atom stereocenters. The van der Waals surface area contributed by atoms with Crippen LogP contribution in [0.25, 0.3) is 0 Å². The molecule has 114 valence electrons. The van der Waals surface area contributed by atoms with Gasteiger partial charge in [0.2, 0.25) is 5.91 Å². The second kappa shape index (κ2) is 6.22. The summed E-state index contributed by atoms with van der Waals surface area (Å²) in [5, 5.41) is 0. The summed E-state index contributed by atoms with van der Waals surface area (Å²) in [5.41, 5.74) is 0.442. The van der Waals surface area contributed by atoms with Crippen LogP contribution in [-0.2, 0) is 4.79 Å². The molecule has 21 heavy (non-hydrogen) atoms. The Hall–Kier alpha value is -1.95. The predicted octanol–water partition coefficient (Wildman–Crippen LogP) is 0.670. The second-order valence-corrected chi connectivity index (χ2v) is 5.49. The third kappa shape index (κ3) is 3.39. The molecule has 0 saturated carbocycles. The van der Waals surface area contributed by atoms with E-state index in [1.165, 1.54) is 29.2 Å². The predicted molar refractivity (Wildman–Crippen MR) is 77.4 cm³/mol. The van der Waals surface area contributed by atoms with E-state index in [1.807, 2.05) is 11.9 Å². The summed E-state index contributed by atoms with van der Waals surface area (Å²) in [4.78, 5) is 29.7. The average Bonchev–Trinajstić information content (AvgIpc) is 2.47. The maximum Gasteiger partial charge on any atom is 0.253 e. The van der Waals surface area contributed by atoms with E-state index >= 15 is 0 Å². The van der Waals surface area contributed by atoms with Crippen molar-refractivity contribution in [1.82, 2.24) is 14.7 Å². The number of carbonyl (C=O) groups excluding carboxylic acids is 2. The van der Waals surface area contributed by atoms with Crippen molar-refractivity contribution in [3.05, 3.63) is 35.6 Å². The molecular formula is C15H20FN3O2. The normalized spacial score (nSPS) is 19.4. The largest absolute Gasteiger partial charge is 0.347 e. The number of nitrogens with zero attached hydrogens (tertiary/aromatic N) is 3. The van der Waals surface area contributed by atoms with Crippen LogP contribution in [0.15, 0.2) is 24.3 Å². The highest BCUT2D eigenvalue weighted by atomic mass is 19.1. The van der Waals surface area contributed by atoms with Crippen molar-refractivity contribution in [3.8, 4) is 0 Å². The molecule has 0 spiro atoms. The SMILES string of the molecule is CN(C)C(=O)[C@@H]1CN(C(=O)c2ccc(F)cc2)CCN1C. The number of hydrogen-bond donors (Lipinski definition) is 0. The fourth-order valence-electron chi connectivity index (χ4n) is 2.40. The lowest BCUT2D eigenvalue weighted by Gasteiger charge is -2.39. The van der Waals surface area contributed by atoms with E-state index in [4.69, 9.17) is 0 Å². The van der Waals surface area contributed by atoms with Gasteiger partial charge in [-0.05, 0) is 31.3 Å². The fraction of sp³-hybridized carbons (Fsp3) is 0.467. The summed E-state index contributed by atoms with van der Waals surface area (Å²) >= 11 is 0. The van der Waals surface area contributed by atoms with Crippen molar-refractivity contribution in [2.45, 2.75) is 6.04 Å². The van der Waals surface area contributed by atoms with Gasteiger partial charge in [0.15, 0.2) is 0 Å². The molecule has 1 fully saturated rings. The quantitative estimate of drug-likeness (QED) is 0.805. The van der Waals surface area contributed by atoms with Crippen molar-refractivity contribution in [1.29, 1.82) is 0 Å². The molecule has 1 aromatic carbocycles. The summed E-state index contributed by atoms with van der Waals surface area (Å²) in [6, 6.07) is 5.15. The maximum atomic E-state index is 12.9. The number of hydrogen-bond acceptors (Lipinski definition) is 3. The highest BCUT2D eigenvalue weighted by molar-refractivity contribution is 5.95. The Morgan fingerprint density at radius 2 is 1.81 bits per heavy atom. The molecule has 1 aliphatic heterocycles. The topological polar surface area (TPSA) is 43.9 Å². The van der Waals surface area contributed by atoms with E-state index in [9.17, 15) is 14.0 Å². The highest BCUT2D eigenvalue weighted by Crippen LogP contribution is 2.14. The molecule has 0 aliphatic carbocycles. The minimum Gasteiger partial charge on any atom is -0.347 e. The van der Waals surface area contributed by atoms with Gasteiger partial charge in [0.1, 0.15) is 11.9 Å². The third-order valence-electron chi connectivity index (χ3n) is 3.75. The smallest absolute Gasteiger partial charge is 0.253 e. The number of carbonyl (C=O) groups is 2. The van der Waals surface area contributed by atoms with Crippen molar-refractivity contribution in [3.63, 3.8) is 0 Å². The molecule has 6 heteroatoms. The molecule has 0 bridgehead atoms. The Kier molecular flexibility index (Phi) is 4.57. The van der Waals surface area contributed by atoms with Gasteiger partial charge in [0, 0.05) is 39.3 Å². The molecule has 0 aromatic heterocycles.